The molecule has 0 amide bonds. The predicted octanol–water partition coefficient (Wildman–Crippen LogP) is 5.83. The number of aromatic nitrogens is 1. The summed E-state index contributed by atoms with van der Waals surface area (Å²) in [5.41, 5.74) is 0.0300. The first-order valence-electron chi connectivity index (χ1n) is 9.24. The zero-order chi connectivity index (χ0) is 21.2. The van der Waals surface area contributed by atoms with Crippen molar-refractivity contribution in [3.05, 3.63) is 54.4 Å². The maximum absolute atomic E-state index is 12.6. The zero-order valence-corrected chi connectivity index (χ0v) is 18.5. The molecule has 6 heteroatoms. The van der Waals surface area contributed by atoms with Crippen LogP contribution in [0.2, 0.25) is 0 Å². The van der Waals surface area contributed by atoms with Crippen molar-refractivity contribution >= 4 is 13.3 Å². The number of carbonyl (C=O) groups excluding carboxylic acids is 1. The Morgan fingerprint density at radius 2 is 1.57 bits per heavy atom. The molecule has 0 aliphatic rings. The molecule has 2 aromatic rings. The van der Waals surface area contributed by atoms with Crippen LogP contribution in [0.3, 0.4) is 0 Å². The van der Waals surface area contributed by atoms with Crippen molar-refractivity contribution in [3.8, 4) is 11.5 Å². The topological polar surface area (TPSA) is 65.5 Å². The molecule has 1 aromatic heterocycles. The highest BCUT2D eigenvalue weighted by Crippen LogP contribution is 2.39. The third-order valence-corrected chi connectivity index (χ3v) is 5.50. The van der Waals surface area contributed by atoms with Crippen LogP contribution in [-0.4, -0.2) is 30.9 Å². The second kappa shape index (κ2) is 11.6. The third kappa shape index (κ3) is 8.18. The lowest BCUT2D eigenvalue weighted by Gasteiger charge is -2.20. The van der Waals surface area contributed by atoms with E-state index in [2.05, 4.69) is 25.8 Å². The smallest absolute Gasteiger partial charge is 0.420 e. The van der Waals surface area contributed by atoms with Gasteiger partial charge in [-0.2, -0.15) is 0 Å². The van der Waals surface area contributed by atoms with E-state index in [1.807, 2.05) is 25.1 Å². The molecule has 0 saturated carbocycles. The normalized spacial score (nSPS) is 12.3. The van der Waals surface area contributed by atoms with Gasteiger partial charge in [0.15, 0.2) is 11.7 Å². The van der Waals surface area contributed by atoms with Crippen molar-refractivity contribution in [2.45, 2.75) is 34.1 Å². The molecular weight excluding hydrogens is 373 g/mol. The van der Waals surface area contributed by atoms with Gasteiger partial charge in [-0.3, -0.25) is 4.98 Å². The third-order valence-electron chi connectivity index (χ3n) is 3.87. The van der Waals surface area contributed by atoms with Crippen LogP contribution >= 0.6 is 7.80 Å². The van der Waals surface area contributed by atoms with Gasteiger partial charge in [0, 0.05) is 18.3 Å². The minimum Gasteiger partial charge on any atom is -0.496 e. The molecule has 0 bridgehead atoms. The molecule has 0 aliphatic carbocycles. The molecule has 2 atom stereocenters. The summed E-state index contributed by atoms with van der Waals surface area (Å²) in [6.07, 6.45) is 4.80. The van der Waals surface area contributed by atoms with Crippen LogP contribution in [0.25, 0.3) is 0 Å². The average Bonchev–Trinajstić information content (AvgIpc) is 2.66. The van der Waals surface area contributed by atoms with E-state index in [4.69, 9.17) is 9.47 Å². The van der Waals surface area contributed by atoms with E-state index in [-0.39, 0.29) is 16.9 Å². The van der Waals surface area contributed by atoms with Crippen molar-refractivity contribution in [1.82, 2.24) is 4.98 Å². The zero-order valence-electron chi connectivity index (χ0n) is 17.6. The van der Waals surface area contributed by atoms with Crippen LogP contribution in [0.4, 0.5) is 0 Å². The summed E-state index contributed by atoms with van der Waals surface area (Å²) < 4.78 is 22.9. The van der Waals surface area contributed by atoms with Crippen LogP contribution < -0.4 is 9.47 Å². The average molecular weight is 404 g/mol. The van der Waals surface area contributed by atoms with Crippen LogP contribution in [0, 0.1) is 11.3 Å². The predicted molar refractivity (Wildman–Crippen MR) is 114 cm³/mol. The molecule has 0 aliphatic heterocycles. The molecular formula is C22H31NO4P+. The van der Waals surface area contributed by atoms with Gasteiger partial charge in [0.2, 0.25) is 0 Å². The molecule has 28 heavy (non-hydrogen) atoms. The Bertz CT molecular complexity index is 708. The van der Waals surface area contributed by atoms with Gasteiger partial charge in [-0.05, 0) is 36.1 Å². The number of carbonyl (C=O) groups is 1. The standard InChI is InChI=1S/C17H26O4P.C5H5N/c1-12(10-17(2,3)4)11-22(19)16(18)15-13(20-5)8-7-9-14(15)21-6;1-2-4-6-5-3-1/h7-9,12H,10-11H2,1-6H3;1-5H/q+1;. The number of methoxy groups -OCH3 is 2. The maximum Gasteiger partial charge on any atom is 0.420 e. The number of ether oxygens (including phenoxy) is 2. The Hall–Kier alpha value is -2.26. The van der Waals surface area contributed by atoms with E-state index in [1.165, 1.54) is 14.2 Å². The number of rotatable bonds is 7. The first-order valence-corrected chi connectivity index (χ1v) is 10.7. The monoisotopic (exact) mass is 404 g/mol. The van der Waals surface area contributed by atoms with Crippen molar-refractivity contribution < 1.29 is 18.8 Å². The molecule has 1 heterocycles. The van der Waals surface area contributed by atoms with Gasteiger partial charge < -0.3 is 9.47 Å². The molecule has 0 fully saturated rings. The molecule has 0 saturated heterocycles. The molecule has 0 N–H and O–H groups in total. The number of pyridine rings is 1. The number of hydrogen-bond donors (Lipinski definition) is 0. The molecule has 152 valence electrons. The summed E-state index contributed by atoms with van der Waals surface area (Å²) in [5, 5.41) is 0. The molecule has 1 aromatic carbocycles. The summed E-state index contributed by atoms with van der Waals surface area (Å²) in [4.78, 5) is 16.3. The number of hydrogen-bond acceptors (Lipinski definition) is 5. The first kappa shape index (κ1) is 23.8. The first-order chi connectivity index (χ1) is 13.2. The summed E-state index contributed by atoms with van der Waals surface area (Å²) in [6, 6.07) is 10.8. The maximum atomic E-state index is 12.6. The second-order valence-corrected chi connectivity index (χ2v) is 9.33. The minimum atomic E-state index is -2.00. The van der Waals surface area contributed by atoms with Crippen molar-refractivity contribution in [2.24, 2.45) is 11.3 Å². The highest BCUT2D eigenvalue weighted by atomic mass is 31.1. The Morgan fingerprint density at radius 3 is 1.93 bits per heavy atom. The Kier molecular flexibility index (Phi) is 9.81. The van der Waals surface area contributed by atoms with E-state index in [0.717, 1.165) is 6.42 Å². The van der Waals surface area contributed by atoms with Crippen LogP contribution in [0.5, 0.6) is 11.5 Å². The van der Waals surface area contributed by atoms with E-state index in [1.54, 1.807) is 30.6 Å². The second-order valence-electron chi connectivity index (χ2n) is 7.80. The molecule has 0 radical (unpaired) electrons. The largest absolute Gasteiger partial charge is 0.496 e. The van der Waals surface area contributed by atoms with Gasteiger partial charge in [-0.1, -0.05) is 44.4 Å². The van der Waals surface area contributed by atoms with Gasteiger partial charge >= 0.3 is 13.3 Å². The van der Waals surface area contributed by atoms with Crippen LogP contribution in [-0.2, 0) is 4.57 Å². The number of benzene rings is 1. The summed E-state index contributed by atoms with van der Waals surface area (Å²) >= 11 is 0. The summed E-state index contributed by atoms with van der Waals surface area (Å²) in [5.74, 6) is 1.01. The number of nitrogens with zero attached hydrogens (tertiary/aromatic N) is 1. The van der Waals surface area contributed by atoms with Gasteiger partial charge in [0.25, 0.3) is 0 Å². The molecule has 2 rings (SSSR count). The van der Waals surface area contributed by atoms with E-state index >= 15 is 0 Å². The Labute approximate surface area is 169 Å². The lowest BCUT2D eigenvalue weighted by molar-refractivity contribution is 0.107. The van der Waals surface area contributed by atoms with Crippen molar-refractivity contribution in [3.63, 3.8) is 0 Å². The van der Waals surface area contributed by atoms with Crippen LogP contribution in [0.15, 0.2) is 48.8 Å². The fourth-order valence-electron chi connectivity index (χ4n) is 2.98. The van der Waals surface area contributed by atoms with Gasteiger partial charge in [-0.25, -0.2) is 4.79 Å². The van der Waals surface area contributed by atoms with E-state index in [9.17, 15) is 9.36 Å². The SMILES string of the molecule is COc1cccc(OC)c1C(=O)[P+](=O)CC(C)CC(C)(C)C.c1ccncc1. The minimum absolute atomic E-state index is 0.154. The van der Waals surface area contributed by atoms with Crippen LogP contribution in [0.1, 0.15) is 44.5 Å². The van der Waals surface area contributed by atoms with E-state index < -0.39 is 13.3 Å². The van der Waals surface area contributed by atoms with Gasteiger partial charge in [0.1, 0.15) is 11.5 Å². The Morgan fingerprint density at radius 1 is 1.04 bits per heavy atom. The highest BCUT2D eigenvalue weighted by Gasteiger charge is 2.37. The fraction of sp³-hybridized carbons (Fsp3) is 0.455. The van der Waals surface area contributed by atoms with Crippen molar-refractivity contribution in [2.75, 3.05) is 20.4 Å². The Balaban J connectivity index is 0.000000552. The molecule has 5 nitrogen and oxygen atoms in total. The quantitative estimate of drug-likeness (QED) is 0.544. The lowest BCUT2D eigenvalue weighted by Crippen LogP contribution is -2.13. The molecule has 0 spiro atoms. The van der Waals surface area contributed by atoms with Gasteiger partial charge in [-0.15, -0.1) is 0 Å². The van der Waals surface area contributed by atoms with E-state index in [0.29, 0.717) is 17.7 Å². The lowest BCUT2D eigenvalue weighted by atomic mass is 9.86. The summed E-state index contributed by atoms with van der Waals surface area (Å²) in [7, 11) is 0.971. The fourth-order valence-corrected chi connectivity index (χ4v) is 4.31. The summed E-state index contributed by atoms with van der Waals surface area (Å²) in [6.45, 7) is 8.45. The van der Waals surface area contributed by atoms with Crippen molar-refractivity contribution in [1.29, 1.82) is 0 Å². The van der Waals surface area contributed by atoms with Gasteiger partial charge in [0.05, 0.1) is 14.2 Å². The highest BCUT2D eigenvalue weighted by molar-refractivity contribution is 7.64. The molecule has 2 unspecified atom stereocenters.